The monoisotopic (exact) mass is 322 g/mol. The SMILES string of the molecule is CNCCCn1cc(Br)cc(Br)c1=O. The fourth-order valence-corrected chi connectivity index (χ4v) is 2.41. The van der Waals surface area contributed by atoms with Gasteiger partial charge < -0.3 is 9.88 Å². The van der Waals surface area contributed by atoms with E-state index in [-0.39, 0.29) is 5.56 Å². The summed E-state index contributed by atoms with van der Waals surface area (Å²) in [4.78, 5) is 11.6. The first-order chi connectivity index (χ1) is 6.65. The third-order valence-corrected chi connectivity index (χ3v) is 2.84. The van der Waals surface area contributed by atoms with Gasteiger partial charge in [-0.2, -0.15) is 0 Å². The quantitative estimate of drug-likeness (QED) is 0.860. The van der Waals surface area contributed by atoms with Crippen molar-refractivity contribution in [3.8, 4) is 0 Å². The van der Waals surface area contributed by atoms with E-state index in [0.717, 1.165) is 24.0 Å². The molecule has 0 radical (unpaired) electrons. The molecule has 1 aromatic heterocycles. The Morgan fingerprint density at radius 1 is 1.50 bits per heavy atom. The average molecular weight is 324 g/mol. The second kappa shape index (κ2) is 5.68. The van der Waals surface area contributed by atoms with Gasteiger partial charge in [0.1, 0.15) is 0 Å². The molecule has 1 N–H and O–H groups in total. The van der Waals surface area contributed by atoms with Gasteiger partial charge in [0.2, 0.25) is 0 Å². The standard InChI is InChI=1S/C9H12Br2N2O/c1-12-3-2-4-13-6-7(10)5-8(11)9(13)14/h5-6,12H,2-4H2,1H3. The van der Waals surface area contributed by atoms with Crippen molar-refractivity contribution in [2.75, 3.05) is 13.6 Å². The van der Waals surface area contributed by atoms with E-state index < -0.39 is 0 Å². The van der Waals surface area contributed by atoms with Crippen molar-refractivity contribution in [3.05, 3.63) is 31.6 Å². The number of rotatable bonds is 4. The smallest absolute Gasteiger partial charge is 0.264 e. The fourth-order valence-electron chi connectivity index (χ4n) is 1.16. The normalized spacial score (nSPS) is 10.5. The maximum Gasteiger partial charge on any atom is 0.264 e. The van der Waals surface area contributed by atoms with Crippen LogP contribution in [-0.2, 0) is 6.54 Å². The summed E-state index contributed by atoms with van der Waals surface area (Å²) in [6.07, 6.45) is 2.75. The molecule has 3 nitrogen and oxygen atoms in total. The van der Waals surface area contributed by atoms with E-state index >= 15 is 0 Å². The van der Waals surface area contributed by atoms with Crippen molar-refractivity contribution >= 4 is 31.9 Å². The first-order valence-corrected chi connectivity index (χ1v) is 5.94. The fraction of sp³-hybridized carbons (Fsp3) is 0.444. The minimum atomic E-state index is 0.0179. The van der Waals surface area contributed by atoms with E-state index in [4.69, 9.17) is 0 Å². The molecule has 0 spiro atoms. The van der Waals surface area contributed by atoms with Crippen LogP contribution in [0.1, 0.15) is 6.42 Å². The summed E-state index contributed by atoms with van der Waals surface area (Å²) in [5.41, 5.74) is 0.0179. The van der Waals surface area contributed by atoms with Gasteiger partial charge in [-0.25, -0.2) is 0 Å². The molecule has 1 rings (SSSR count). The summed E-state index contributed by atoms with van der Waals surface area (Å²) in [5.74, 6) is 0. The summed E-state index contributed by atoms with van der Waals surface area (Å²) >= 11 is 6.58. The van der Waals surface area contributed by atoms with Gasteiger partial charge in [0.25, 0.3) is 5.56 Å². The third kappa shape index (κ3) is 3.22. The maximum atomic E-state index is 11.6. The number of pyridine rings is 1. The Morgan fingerprint density at radius 2 is 2.21 bits per heavy atom. The Hall–Kier alpha value is -0.130. The number of aromatic nitrogens is 1. The molecule has 0 amide bonds. The van der Waals surface area contributed by atoms with Crippen LogP contribution in [0.25, 0.3) is 0 Å². The molecule has 0 atom stereocenters. The van der Waals surface area contributed by atoms with E-state index in [1.807, 2.05) is 13.2 Å². The van der Waals surface area contributed by atoms with Crippen LogP contribution in [0.5, 0.6) is 0 Å². The predicted molar refractivity (Wildman–Crippen MR) is 64.6 cm³/mol. The highest BCUT2D eigenvalue weighted by Gasteiger charge is 2.02. The van der Waals surface area contributed by atoms with E-state index in [1.54, 1.807) is 10.6 Å². The summed E-state index contributed by atoms with van der Waals surface area (Å²) in [6, 6.07) is 1.76. The zero-order chi connectivity index (χ0) is 10.6. The summed E-state index contributed by atoms with van der Waals surface area (Å²) in [7, 11) is 1.90. The van der Waals surface area contributed by atoms with Gasteiger partial charge in [0.15, 0.2) is 0 Å². The number of hydrogen-bond donors (Lipinski definition) is 1. The summed E-state index contributed by atoms with van der Waals surface area (Å²) in [6.45, 7) is 1.65. The van der Waals surface area contributed by atoms with Crippen LogP contribution < -0.4 is 10.9 Å². The molecular formula is C9H12Br2N2O. The maximum absolute atomic E-state index is 11.6. The lowest BCUT2D eigenvalue weighted by atomic mass is 10.4. The van der Waals surface area contributed by atoms with Crippen LogP contribution in [-0.4, -0.2) is 18.2 Å². The van der Waals surface area contributed by atoms with Gasteiger partial charge in [0, 0.05) is 17.2 Å². The molecule has 14 heavy (non-hydrogen) atoms. The van der Waals surface area contributed by atoms with Gasteiger partial charge in [-0.15, -0.1) is 0 Å². The van der Waals surface area contributed by atoms with Crippen LogP contribution in [0, 0.1) is 0 Å². The number of hydrogen-bond acceptors (Lipinski definition) is 2. The average Bonchev–Trinajstić information content (AvgIpc) is 2.13. The molecule has 1 aromatic rings. The van der Waals surface area contributed by atoms with Crippen molar-refractivity contribution < 1.29 is 0 Å². The molecule has 0 aliphatic carbocycles. The lowest BCUT2D eigenvalue weighted by Gasteiger charge is -2.06. The van der Waals surface area contributed by atoms with Crippen molar-refractivity contribution in [1.82, 2.24) is 9.88 Å². The molecule has 0 unspecified atom stereocenters. The summed E-state index contributed by atoms with van der Waals surface area (Å²) < 4.78 is 3.20. The van der Waals surface area contributed by atoms with Crippen molar-refractivity contribution in [2.45, 2.75) is 13.0 Å². The molecule has 1 heterocycles. The van der Waals surface area contributed by atoms with Gasteiger partial charge in [-0.3, -0.25) is 4.79 Å². The first-order valence-electron chi connectivity index (χ1n) is 4.35. The highest BCUT2D eigenvalue weighted by molar-refractivity contribution is 9.11. The lowest BCUT2D eigenvalue weighted by molar-refractivity contribution is 0.595. The van der Waals surface area contributed by atoms with Gasteiger partial charge in [-0.05, 0) is 57.9 Å². The predicted octanol–water partition coefficient (Wildman–Crippen LogP) is 1.98. The molecule has 5 heteroatoms. The largest absolute Gasteiger partial charge is 0.320 e. The zero-order valence-electron chi connectivity index (χ0n) is 7.89. The zero-order valence-corrected chi connectivity index (χ0v) is 11.1. The van der Waals surface area contributed by atoms with Crippen molar-refractivity contribution in [2.24, 2.45) is 0 Å². The van der Waals surface area contributed by atoms with E-state index in [0.29, 0.717) is 4.47 Å². The van der Waals surface area contributed by atoms with Crippen molar-refractivity contribution in [3.63, 3.8) is 0 Å². The third-order valence-electron chi connectivity index (χ3n) is 1.83. The molecule has 0 aliphatic heterocycles. The van der Waals surface area contributed by atoms with Crippen LogP contribution in [0.2, 0.25) is 0 Å². The van der Waals surface area contributed by atoms with Gasteiger partial charge >= 0.3 is 0 Å². The molecule has 0 aromatic carbocycles. The Balaban J connectivity index is 2.81. The topological polar surface area (TPSA) is 34.0 Å². The number of aryl methyl sites for hydroxylation is 1. The molecule has 0 fully saturated rings. The minimum absolute atomic E-state index is 0.0179. The highest BCUT2D eigenvalue weighted by atomic mass is 79.9. The second-order valence-corrected chi connectivity index (χ2v) is 4.73. The number of halogens is 2. The Labute approximate surface area is 99.8 Å². The number of nitrogens with zero attached hydrogens (tertiary/aromatic N) is 1. The van der Waals surface area contributed by atoms with Crippen molar-refractivity contribution in [1.29, 1.82) is 0 Å². The van der Waals surface area contributed by atoms with Gasteiger partial charge in [-0.1, -0.05) is 0 Å². The van der Waals surface area contributed by atoms with Gasteiger partial charge in [0.05, 0.1) is 4.47 Å². The Morgan fingerprint density at radius 3 is 2.86 bits per heavy atom. The molecule has 0 aliphatic rings. The number of nitrogens with one attached hydrogen (secondary N) is 1. The second-order valence-electron chi connectivity index (χ2n) is 2.96. The van der Waals surface area contributed by atoms with Crippen LogP contribution in [0.15, 0.2) is 26.0 Å². The van der Waals surface area contributed by atoms with Crippen LogP contribution in [0.3, 0.4) is 0 Å². The highest BCUT2D eigenvalue weighted by Crippen LogP contribution is 2.12. The minimum Gasteiger partial charge on any atom is -0.320 e. The lowest BCUT2D eigenvalue weighted by Crippen LogP contribution is -2.22. The van der Waals surface area contributed by atoms with E-state index in [1.165, 1.54) is 0 Å². The van der Waals surface area contributed by atoms with Crippen LogP contribution in [0.4, 0.5) is 0 Å². The van der Waals surface area contributed by atoms with Crippen LogP contribution >= 0.6 is 31.9 Å². The Bertz CT molecular complexity index is 362. The molecule has 0 bridgehead atoms. The Kier molecular flexibility index (Phi) is 4.84. The van der Waals surface area contributed by atoms with E-state index in [2.05, 4.69) is 37.2 Å². The molecule has 0 saturated carbocycles. The molecular weight excluding hydrogens is 312 g/mol. The molecule has 0 saturated heterocycles. The van der Waals surface area contributed by atoms with E-state index in [9.17, 15) is 4.79 Å². The first kappa shape index (κ1) is 11.9. The summed E-state index contributed by atoms with van der Waals surface area (Å²) in [5, 5.41) is 3.05. The molecule has 78 valence electrons.